The maximum atomic E-state index is 12.4. The Morgan fingerprint density at radius 2 is 1.89 bits per heavy atom. The van der Waals surface area contributed by atoms with Crippen LogP contribution in [0.1, 0.15) is 19.8 Å². The van der Waals surface area contributed by atoms with E-state index in [1.165, 1.54) is 4.90 Å². The zero-order valence-corrected chi connectivity index (χ0v) is 10.8. The molecule has 0 saturated carbocycles. The Balaban J connectivity index is 1.93. The summed E-state index contributed by atoms with van der Waals surface area (Å²) in [5.74, 6) is 0.319. The molecule has 18 heavy (non-hydrogen) atoms. The van der Waals surface area contributed by atoms with Crippen molar-refractivity contribution in [2.45, 2.75) is 25.8 Å². The molecular formula is C12H21N3O3. The predicted octanol–water partition coefficient (Wildman–Crippen LogP) is 0.197. The van der Waals surface area contributed by atoms with Gasteiger partial charge in [-0.25, -0.2) is 4.79 Å². The molecule has 2 aliphatic heterocycles. The second kappa shape index (κ2) is 5.56. The molecule has 0 spiro atoms. The van der Waals surface area contributed by atoms with Gasteiger partial charge in [-0.3, -0.25) is 4.79 Å². The van der Waals surface area contributed by atoms with Gasteiger partial charge in [0.1, 0.15) is 0 Å². The molecule has 1 unspecified atom stereocenters. The van der Waals surface area contributed by atoms with Crippen LogP contribution in [0.25, 0.3) is 0 Å². The molecule has 2 saturated heterocycles. The largest absolute Gasteiger partial charge is 0.465 e. The Kier molecular flexibility index (Phi) is 4.06. The van der Waals surface area contributed by atoms with Gasteiger partial charge in [0, 0.05) is 31.6 Å². The van der Waals surface area contributed by atoms with E-state index in [0.717, 1.165) is 25.9 Å². The van der Waals surface area contributed by atoms with Gasteiger partial charge in [-0.15, -0.1) is 0 Å². The van der Waals surface area contributed by atoms with Gasteiger partial charge in [0.2, 0.25) is 5.91 Å². The molecule has 2 N–H and O–H groups in total. The second-order valence-corrected chi connectivity index (χ2v) is 5.13. The van der Waals surface area contributed by atoms with Crippen LogP contribution in [0.2, 0.25) is 0 Å². The number of carboxylic acid groups (broad SMARTS) is 1. The van der Waals surface area contributed by atoms with E-state index in [4.69, 9.17) is 5.11 Å². The van der Waals surface area contributed by atoms with Gasteiger partial charge in [-0.1, -0.05) is 0 Å². The van der Waals surface area contributed by atoms with Crippen molar-refractivity contribution < 1.29 is 14.7 Å². The highest BCUT2D eigenvalue weighted by Gasteiger charge is 2.33. The Hall–Kier alpha value is -1.30. The van der Waals surface area contributed by atoms with E-state index >= 15 is 0 Å². The molecular weight excluding hydrogens is 234 g/mol. The second-order valence-electron chi connectivity index (χ2n) is 5.13. The molecule has 2 fully saturated rings. The zero-order valence-electron chi connectivity index (χ0n) is 10.8. The van der Waals surface area contributed by atoms with Crippen LogP contribution in [0.5, 0.6) is 0 Å². The first kappa shape index (κ1) is 13.1. The zero-order chi connectivity index (χ0) is 13.1. The summed E-state index contributed by atoms with van der Waals surface area (Å²) >= 11 is 0. The number of hydrogen-bond acceptors (Lipinski definition) is 3. The highest BCUT2D eigenvalue weighted by atomic mass is 16.4. The highest BCUT2D eigenvalue weighted by molar-refractivity contribution is 5.79. The fraction of sp³-hybridized carbons (Fsp3) is 0.833. The van der Waals surface area contributed by atoms with Gasteiger partial charge >= 0.3 is 6.09 Å². The SMILES string of the molecule is CC1CN(C(=O)O)CCN1C(=O)C1CCNCC1. The maximum absolute atomic E-state index is 12.4. The van der Waals surface area contributed by atoms with Crippen LogP contribution < -0.4 is 5.32 Å². The maximum Gasteiger partial charge on any atom is 0.407 e. The first-order valence-electron chi connectivity index (χ1n) is 6.58. The van der Waals surface area contributed by atoms with Crippen molar-refractivity contribution in [2.24, 2.45) is 5.92 Å². The lowest BCUT2D eigenvalue weighted by molar-refractivity contribution is -0.140. The molecule has 0 aromatic carbocycles. The van der Waals surface area contributed by atoms with Crippen LogP contribution in [0.15, 0.2) is 0 Å². The third-order valence-corrected chi connectivity index (χ3v) is 3.87. The predicted molar refractivity (Wildman–Crippen MR) is 66.4 cm³/mol. The van der Waals surface area contributed by atoms with Crippen LogP contribution in [-0.4, -0.2) is 65.7 Å². The number of nitrogens with one attached hydrogen (secondary N) is 1. The number of piperazine rings is 1. The lowest BCUT2D eigenvalue weighted by Gasteiger charge is -2.40. The molecule has 2 heterocycles. The minimum Gasteiger partial charge on any atom is -0.465 e. The molecule has 2 amide bonds. The summed E-state index contributed by atoms with van der Waals surface area (Å²) in [4.78, 5) is 26.5. The van der Waals surface area contributed by atoms with E-state index in [9.17, 15) is 9.59 Å². The topological polar surface area (TPSA) is 72.9 Å². The van der Waals surface area contributed by atoms with Crippen LogP contribution in [-0.2, 0) is 4.79 Å². The van der Waals surface area contributed by atoms with E-state index in [1.54, 1.807) is 0 Å². The average Bonchev–Trinajstić information content (AvgIpc) is 2.38. The lowest BCUT2D eigenvalue weighted by atomic mass is 9.95. The summed E-state index contributed by atoms with van der Waals surface area (Å²) in [6.07, 6.45) is 0.894. The number of piperidine rings is 1. The first-order chi connectivity index (χ1) is 8.59. The van der Waals surface area contributed by atoms with E-state index in [1.807, 2.05) is 11.8 Å². The first-order valence-corrected chi connectivity index (χ1v) is 6.58. The summed E-state index contributed by atoms with van der Waals surface area (Å²) in [5.41, 5.74) is 0. The van der Waals surface area contributed by atoms with Crippen molar-refractivity contribution in [3.63, 3.8) is 0 Å². The number of hydrogen-bond donors (Lipinski definition) is 2. The number of amides is 2. The molecule has 0 aliphatic carbocycles. The van der Waals surface area contributed by atoms with E-state index in [2.05, 4.69) is 5.32 Å². The van der Waals surface area contributed by atoms with Gasteiger partial charge in [-0.05, 0) is 32.9 Å². The summed E-state index contributed by atoms with van der Waals surface area (Å²) in [6.45, 7) is 5.10. The van der Waals surface area contributed by atoms with Gasteiger partial charge in [0.05, 0.1) is 0 Å². The summed E-state index contributed by atoms with van der Waals surface area (Å²) in [6, 6.07) is -0.0164. The van der Waals surface area contributed by atoms with Crippen molar-refractivity contribution in [1.29, 1.82) is 0 Å². The van der Waals surface area contributed by atoms with Gasteiger partial charge < -0.3 is 20.2 Å². The van der Waals surface area contributed by atoms with Crippen LogP contribution in [0.4, 0.5) is 4.79 Å². The quantitative estimate of drug-likeness (QED) is 0.702. The molecule has 0 aromatic rings. The number of carbonyl (C=O) groups excluding carboxylic acids is 1. The molecule has 1 atom stereocenters. The van der Waals surface area contributed by atoms with Crippen molar-refractivity contribution in [3.8, 4) is 0 Å². The van der Waals surface area contributed by atoms with Gasteiger partial charge in [-0.2, -0.15) is 0 Å². The van der Waals surface area contributed by atoms with Crippen molar-refractivity contribution in [3.05, 3.63) is 0 Å². The minimum absolute atomic E-state index is 0.0164. The molecule has 0 aromatic heterocycles. The molecule has 0 bridgehead atoms. The third kappa shape index (κ3) is 2.75. The van der Waals surface area contributed by atoms with Crippen molar-refractivity contribution in [2.75, 3.05) is 32.7 Å². The van der Waals surface area contributed by atoms with Crippen LogP contribution >= 0.6 is 0 Å². The lowest BCUT2D eigenvalue weighted by Crippen LogP contribution is -2.57. The number of carbonyl (C=O) groups is 2. The van der Waals surface area contributed by atoms with Crippen molar-refractivity contribution in [1.82, 2.24) is 15.1 Å². The minimum atomic E-state index is -0.893. The van der Waals surface area contributed by atoms with E-state index in [-0.39, 0.29) is 17.9 Å². The standard InChI is InChI=1S/C12H21N3O3/c1-9-8-14(12(17)18)6-7-15(9)11(16)10-2-4-13-5-3-10/h9-10,13H,2-8H2,1H3,(H,17,18). The van der Waals surface area contributed by atoms with Crippen LogP contribution in [0, 0.1) is 5.92 Å². The molecule has 6 nitrogen and oxygen atoms in total. The highest BCUT2D eigenvalue weighted by Crippen LogP contribution is 2.19. The Morgan fingerprint density at radius 1 is 1.22 bits per heavy atom. The average molecular weight is 255 g/mol. The summed E-state index contributed by atoms with van der Waals surface area (Å²) in [5, 5.41) is 12.2. The molecule has 102 valence electrons. The fourth-order valence-electron chi connectivity index (χ4n) is 2.76. The molecule has 2 aliphatic rings. The third-order valence-electron chi connectivity index (χ3n) is 3.87. The molecule has 2 rings (SSSR count). The summed E-state index contributed by atoms with van der Waals surface area (Å²) in [7, 11) is 0. The van der Waals surface area contributed by atoms with E-state index in [0.29, 0.717) is 19.6 Å². The van der Waals surface area contributed by atoms with Crippen LogP contribution in [0.3, 0.4) is 0 Å². The molecule has 0 radical (unpaired) electrons. The van der Waals surface area contributed by atoms with Crippen molar-refractivity contribution >= 4 is 12.0 Å². The monoisotopic (exact) mass is 255 g/mol. The Bertz CT molecular complexity index is 329. The Morgan fingerprint density at radius 3 is 2.44 bits per heavy atom. The van der Waals surface area contributed by atoms with E-state index < -0.39 is 6.09 Å². The van der Waals surface area contributed by atoms with Gasteiger partial charge in [0.15, 0.2) is 0 Å². The summed E-state index contributed by atoms with van der Waals surface area (Å²) < 4.78 is 0. The normalized spacial score (nSPS) is 26.2. The number of nitrogens with zero attached hydrogens (tertiary/aromatic N) is 2. The fourth-order valence-corrected chi connectivity index (χ4v) is 2.76. The smallest absolute Gasteiger partial charge is 0.407 e. The Labute approximate surface area is 107 Å². The molecule has 6 heteroatoms. The van der Waals surface area contributed by atoms with Gasteiger partial charge in [0.25, 0.3) is 0 Å². The number of rotatable bonds is 1.